The maximum absolute atomic E-state index is 13.0. The predicted molar refractivity (Wildman–Crippen MR) is 42.8 cm³/mol. The fourth-order valence-electron chi connectivity index (χ4n) is 1.34. The van der Waals surface area contributed by atoms with Crippen molar-refractivity contribution in [2.75, 3.05) is 0 Å². The van der Waals surface area contributed by atoms with E-state index in [1.165, 1.54) is 0 Å². The van der Waals surface area contributed by atoms with E-state index in [4.69, 9.17) is 0 Å². The van der Waals surface area contributed by atoms with Crippen molar-refractivity contribution in [3.8, 4) is 0 Å². The summed E-state index contributed by atoms with van der Waals surface area (Å²) >= 11 is 0. The first-order chi connectivity index (χ1) is 5.77. The Morgan fingerprint density at radius 1 is 1.25 bits per heavy atom. The maximum atomic E-state index is 13.0. The third-order valence-corrected chi connectivity index (χ3v) is 2.24. The van der Waals surface area contributed by atoms with Gasteiger partial charge in [0.05, 0.1) is 0 Å². The van der Waals surface area contributed by atoms with Crippen LogP contribution in [0.25, 0.3) is 0 Å². The first-order valence-electron chi connectivity index (χ1n) is 4.20. The number of hydrogen-bond donors (Lipinski definition) is 0. The zero-order valence-corrected chi connectivity index (χ0v) is 6.69. The molecule has 0 radical (unpaired) electrons. The zero-order chi connectivity index (χ0) is 8.55. The van der Waals surface area contributed by atoms with Gasteiger partial charge in [-0.15, -0.1) is 0 Å². The highest BCUT2D eigenvalue weighted by molar-refractivity contribution is 5.20. The molecule has 2 heteroatoms. The lowest BCUT2D eigenvalue weighted by Crippen LogP contribution is -1.94. The third kappa shape index (κ3) is 1.47. The average Bonchev–Trinajstić information content (AvgIpc) is 2.83. The molecular formula is C10H10F2. The topological polar surface area (TPSA) is 0 Å². The van der Waals surface area contributed by atoms with Gasteiger partial charge in [-0.2, -0.15) is 0 Å². The van der Waals surface area contributed by atoms with Crippen molar-refractivity contribution in [1.29, 1.82) is 0 Å². The van der Waals surface area contributed by atoms with Crippen molar-refractivity contribution in [3.63, 3.8) is 0 Å². The molecule has 0 aliphatic heterocycles. The van der Waals surface area contributed by atoms with Crippen molar-refractivity contribution in [3.05, 3.63) is 35.4 Å². The second-order valence-corrected chi connectivity index (χ2v) is 3.36. The van der Waals surface area contributed by atoms with E-state index in [0.29, 0.717) is 17.9 Å². The molecular weight excluding hydrogens is 158 g/mol. The van der Waals surface area contributed by atoms with Gasteiger partial charge in [-0.3, -0.25) is 0 Å². The molecule has 0 spiro atoms. The van der Waals surface area contributed by atoms with Gasteiger partial charge in [-0.25, -0.2) is 8.78 Å². The molecule has 1 aliphatic carbocycles. The lowest BCUT2D eigenvalue weighted by Gasteiger charge is -2.01. The summed E-state index contributed by atoms with van der Waals surface area (Å²) in [4.78, 5) is 0. The number of hydrogen-bond acceptors (Lipinski definition) is 0. The summed E-state index contributed by atoms with van der Waals surface area (Å²) < 4.78 is 25.7. The van der Waals surface area contributed by atoms with Crippen molar-refractivity contribution in [2.24, 2.45) is 5.92 Å². The predicted octanol–water partition coefficient (Wildman–Crippen LogP) is 2.92. The van der Waals surface area contributed by atoms with Crippen LogP contribution in [0.5, 0.6) is 0 Å². The molecule has 0 aromatic heterocycles. The van der Waals surface area contributed by atoms with Gasteiger partial charge in [0.15, 0.2) is 11.6 Å². The first-order valence-corrected chi connectivity index (χ1v) is 4.20. The molecule has 0 saturated heterocycles. The van der Waals surface area contributed by atoms with E-state index >= 15 is 0 Å². The fourth-order valence-corrected chi connectivity index (χ4v) is 1.34. The van der Waals surface area contributed by atoms with Crippen molar-refractivity contribution < 1.29 is 8.78 Å². The minimum atomic E-state index is -0.729. The van der Waals surface area contributed by atoms with Gasteiger partial charge in [0, 0.05) is 0 Å². The molecule has 2 rings (SSSR count). The Balaban J connectivity index is 2.23. The summed E-state index contributed by atoms with van der Waals surface area (Å²) in [5, 5.41) is 0. The van der Waals surface area contributed by atoms with Crippen LogP contribution in [-0.2, 0) is 6.42 Å². The molecule has 0 atom stereocenters. The van der Waals surface area contributed by atoms with E-state index in [0.717, 1.165) is 18.9 Å². The van der Waals surface area contributed by atoms with Gasteiger partial charge in [-0.1, -0.05) is 12.1 Å². The summed E-state index contributed by atoms with van der Waals surface area (Å²) in [5.41, 5.74) is 0.525. The Morgan fingerprint density at radius 3 is 2.67 bits per heavy atom. The van der Waals surface area contributed by atoms with E-state index in [1.807, 2.05) is 0 Å². The van der Waals surface area contributed by atoms with Crippen LogP contribution >= 0.6 is 0 Å². The second kappa shape index (κ2) is 2.85. The van der Waals surface area contributed by atoms with Crippen LogP contribution in [0.3, 0.4) is 0 Å². The lowest BCUT2D eigenvalue weighted by molar-refractivity contribution is 0.496. The van der Waals surface area contributed by atoms with E-state index in [9.17, 15) is 8.78 Å². The molecule has 1 saturated carbocycles. The molecule has 0 heterocycles. The van der Waals surface area contributed by atoms with E-state index in [1.54, 1.807) is 12.1 Å². The molecule has 1 aromatic carbocycles. The number of benzene rings is 1. The number of rotatable bonds is 2. The highest BCUT2D eigenvalue weighted by Gasteiger charge is 2.23. The maximum Gasteiger partial charge on any atom is 0.162 e. The molecule has 12 heavy (non-hydrogen) atoms. The van der Waals surface area contributed by atoms with E-state index in [-0.39, 0.29) is 0 Å². The Labute approximate surface area is 70.2 Å². The van der Waals surface area contributed by atoms with E-state index in [2.05, 4.69) is 0 Å². The Morgan fingerprint density at radius 2 is 2.00 bits per heavy atom. The van der Waals surface area contributed by atoms with Crippen LogP contribution in [0, 0.1) is 17.6 Å². The molecule has 1 aliphatic rings. The third-order valence-electron chi connectivity index (χ3n) is 2.24. The van der Waals surface area contributed by atoms with Crippen LogP contribution in [0.1, 0.15) is 18.4 Å². The lowest BCUT2D eigenvalue weighted by atomic mass is 10.1. The summed E-state index contributed by atoms with van der Waals surface area (Å²) in [6.07, 6.45) is 3.02. The standard InChI is InChI=1S/C10H10F2/c11-9-3-1-2-8(10(9)12)6-7-4-5-7/h1-3,7H,4-6H2. The largest absolute Gasteiger partial charge is 0.204 e. The monoisotopic (exact) mass is 168 g/mol. The van der Waals surface area contributed by atoms with Crippen LogP contribution in [0.2, 0.25) is 0 Å². The van der Waals surface area contributed by atoms with Gasteiger partial charge in [0.25, 0.3) is 0 Å². The summed E-state index contributed by atoms with van der Waals surface area (Å²) in [5.74, 6) is -0.793. The minimum absolute atomic E-state index is 0.525. The normalized spacial score (nSPS) is 16.5. The SMILES string of the molecule is Fc1cccc(CC2CC2)c1F. The van der Waals surface area contributed by atoms with Crippen LogP contribution in [-0.4, -0.2) is 0 Å². The van der Waals surface area contributed by atoms with Crippen molar-refractivity contribution in [2.45, 2.75) is 19.3 Å². The van der Waals surface area contributed by atoms with Crippen LogP contribution < -0.4 is 0 Å². The molecule has 0 amide bonds. The van der Waals surface area contributed by atoms with Gasteiger partial charge in [0.1, 0.15) is 0 Å². The summed E-state index contributed by atoms with van der Waals surface area (Å²) in [6.45, 7) is 0. The Kier molecular flexibility index (Phi) is 1.83. The summed E-state index contributed by atoms with van der Waals surface area (Å²) in [6, 6.07) is 4.39. The number of halogens is 2. The van der Waals surface area contributed by atoms with Gasteiger partial charge in [-0.05, 0) is 36.8 Å². The quantitative estimate of drug-likeness (QED) is 0.637. The molecule has 1 aromatic rings. The molecule has 1 fully saturated rings. The zero-order valence-electron chi connectivity index (χ0n) is 6.69. The minimum Gasteiger partial charge on any atom is -0.204 e. The average molecular weight is 168 g/mol. The van der Waals surface area contributed by atoms with E-state index < -0.39 is 11.6 Å². The first kappa shape index (κ1) is 7.71. The Bertz CT molecular complexity index is 290. The molecule has 0 unspecified atom stereocenters. The van der Waals surface area contributed by atoms with Gasteiger partial charge in [0.2, 0.25) is 0 Å². The van der Waals surface area contributed by atoms with Gasteiger partial charge < -0.3 is 0 Å². The van der Waals surface area contributed by atoms with Crippen molar-refractivity contribution >= 4 is 0 Å². The molecule has 0 bridgehead atoms. The van der Waals surface area contributed by atoms with Crippen LogP contribution in [0.4, 0.5) is 8.78 Å². The second-order valence-electron chi connectivity index (χ2n) is 3.36. The molecule has 0 nitrogen and oxygen atoms in total. The summed E-state index contributed by atoms with van der Waals surface area (Å²) in [7, 11) is 0. The van der Waals surface area contributed by atoms with Crippen LogP contribution in [0.15, 0.2) is 18.2 Å². The Hall–Kier alpha value is -0.920. The molecule has 64 valence electrons. The fraction of sp³-hybridized carbons (Fsp3) is 0.400. The van der Waals surface area contributed by atoms with Crippen molar-refractivity contribution in [1.82, 2.24) is 0 Å². The highest BCUT2D eigenvalue weighted by atomic mass is 19.2. The van der Waals surface area contributed by atoms with Gasteiger partial charge >= 0.3 is 0 Å². The molecule has 0 N–H and O–H groups in total. The highest BCUT2D eigenvalue weighted by Crippen LogP contribution is 2.33. The smallest absolute Gasteiger partial charge is 0.162 e.